The van der Waals surface area contributed by atoms with Crippen molar-refractivity contribution in [3.8, 4) is 11.5 Å². The van der Waals surface area contributed by atoms with E-state index >= 15 is 0 Å². The normalized spacial score (nSPS) is 19.2. The first-order valence-electron chi connectivity index (χ1n) is 31.5. The van der Waals surface area contributed by atoms with E-state index in [1.54, 1.807) is 45.8 Å². The zero-order chi connectivity index (χ0) is 60.0. The van der Waals surface area contributed by atoms with E-state index in [1.807, 2.05) is 72.2 Å². The molecule has 0 spiro atoms. The number of rotatable bonds is 17. The molecule has 6 aliphatic rings. The third-order valence-corrected chi connectivity index (χ3v) is 18.0. The zero-order valence-corrected chi connectivity index (χ0v) is 50.8. The van der Waals surface area contributed by atoms with Gasteiger partial charge in [0, 0.05) is 133 Å². The molecule has 2 saturated carbocycles. The number of carbonyl (C=O) groups excluding carboxylic acids is 6. The van der Waals surface area contributed by atoms with Gasteiger partial charge in [-0.3, -0.25) is 28.8 Å². The topological polar surface area (TPSA) is 216 Å². The number of benzene rings is 4. The van der Waals surface area contributed by atoms with E-state index in [2.05, 4.69) is 22.8 Å². The van der Waals surface area contributed by atoms with Crippen LogP contribution in [0.1, 0.15) is 179 Å². The summed E-state index contributed by atoms with van der Waals surface area (Å²) in [6, 6.07) is 23.0. The van der Waals surface area contributed by atoms with E-state index in [4.69, 9.17) is 20.9 Å². The molecule has 6 amide bonds. The smallest absolute Gasteiger partial charge is 0.254 e. The van der Waals surface area contributed by atoms with Gasteiger partial charge in [-0.2, -0.15) is 0 Å². The summed E-state index contributed by atoms with van der Waals surface area (Å²) in [5.41, 5.74) is 19.2. The summed E-state index contributed by atoms with van der Waals surface area (Å²) in [7, 11) is 3.44. The predicted molar refractivity (Wildman–Crippen MR) is 340 cm³/mol. The molecule has 4 aromatic carbocycles. The van der Waals surface area contributed by atoms with Crippen molar-refractivity contribution in [1.29, 1.82) is 0 Å². The lowest BCUT2D eigenvalue weighted by molar-refractivity contribution is -0.119. The third-order valence-electron chi connectivity index (χ3n) is 18.0. The monoisotopic (exact) mass is 1180 g/mol. The molecule has 86 heavy (non-hydrogen) atoms. The molecule has 18 nitrogen and oxygen atoms in total. The second-order valence-corrected chi connectivity index (χ2v) is 24.3. The standard InChI is InChI=1S/C34H47N5O4.C33H45N5O4.CH4/c1-24-19-27(21-28(20-24)37(2)32(40)9-6-13-35)34(42)39-17-15-38(16-18-39)33(41)26-10-11-31(43-29-12-14-36-23-29)30(22-26)25-7-4-3-5-8-25;1-23-18-26(20-27(19-23)36(2)31(39)10-12-34)33(41)38-16-14-37(15-17-38)32(40)25-8-9-30(42-28-11-13-35-22-28)29(21-25)24-6-4-3-5-7-24;/h10-11,19-22,25,29,36H,3-9,12-18,23,35H2,1-2H3;8-9,18-21,24,28,35H,3-7,10-17,22,34H2,1-2H3;1H4/t29-;28-;/m00./s1. The fourth-order valence-corrected chi connectivity index (χ4v) is 13.0. The highest BCUT2D eigenvalue weighted by Crippen LogP contribution is 2.41. The highest BCUT2D eigenvalue weighted by Gasteiger charge is 2.32. The molecule has 0 aromatic heterocycles. The molecule has 4 saturated heterocycles. The van der Waals surface area contributed by atoms with Crippen LogP contribution in [0.2, 0.25) is 0 Å². The van der Waals surface area contributed by atoms with Gasteiger partial charge in [-0.05, 0) is 185 Å². The molecule has 18 heteroatoms. The fourth-order valence-electron chi connectivity index (χ4n) is 13.0. The number of nitrogens with two attached hydrogens (primary N) is 2. The molecule has 6 N–H and O–H groups in total. The summed E-state index contributed by atoms with van der Waals surface area (Å²) in [5.74, 6) is 2.44. The molecule has 0 radical (unpaired) electrons. The molecule has 10 rings (SSSR count). The van der Waals surface area contributed by atoms with Crippen LogP contribution in [-0.2, 0) is 9.59 Å². The molecule has 0 unspecified atom stereocenters. The SMILES string of the molecule is C.Cc1cc(C(=O)N2CCN(C(=O)c3ccc(O[C@H]4CCNC4)c(C4CCCCC4)c3)CC2)cc(N(C)C(=O)CCCN)c1.Cc1cc(C(=O)N2CCN(C(=O)c3ccc(O[C@H]4CCNC4)c(C4CCCCC4)c3)CC2)cc(N(C)C(=O)CCN)c1. The summed E-state index contributed by atoms with van der Waals surface area (Å²) in [6.07, 6.45) is 15.5. The molecule has 4 aliphatic heterocycles. The summed E-state index contributed by atoms with van der Waals surface area (Å²) in [4.78, 5) is 89.6. The van der Waals surface area contributed by atoms with Crippen LogP contribution in [0.25, 0.3) is 0 Å². The van der Waals surface area contributed by atoms with Crippen molar-refractivity contribution >= 4 is 46.8 Å². The average Bonchev–Trinajstić information content (AvgIpc) is 4.39. The number of anilines is 2. The summed E-state index contributed by atoms with van der Waals surface area (Å²) in [5, 5.41) is 6.75. The Kier molecular flexibility index (Phi) is 23.6. The second kappa shape index (κ2) is 31.2. The van der Waals surface area contributed by atoms with Crippen molar-refractivity contribution in [2.75, 3.05) is 116 Å². The Hall–Kier alpha value is -6.86. The molecular formula is C68H96N10O8. The lowest BCUT2D eigenvalue weighted by Gasteiger charge is -2.35. The Balaban J connectivity index is 0.000000221. The molecule has 466 valence electrons. The van der Waals surface area contributed by atoms with Gasteiger partial charge in [0.25, 0.3) is 23.6 Å². The van der Waals surface area contributed by atoms with E-state index < -0.39 is 0 Å². The van der Waals surface area contributed by atoms with E-state index in [0.29, 0.717) is 117 Å². The average molecular weight is 1180 g/mol. The van der Waals surface area contributed by atoms with E-state index in [-0.39, 0.29) is 68.0 Å². The summed E-state index contributed by atoms with van der Waals surface area (Å²) >= 11 is 0. The van der Waals surface area contributed by atoms with Crippen LogP contribution in [0.3, 0.4) is 0 Å². The number of hydrogen-bond acceptors (Lipinski definition) is 12. The maximum Gasteiger partial charge on any atom is 0.254 e. The van der Waals surface area contributed by atoms with Crippen LogP contribution in [0.5, 0.6) is 11.5 Å². The largest absolute Gasteiger partial charge is 0.489 e. The Morgan fingerprint density at radius 2 is 0.849 bits per heavy atom. The van der Waals surface area contributed by atoms with Gasteiger partial charge in [-0.25, -0.2) is 0 Å². The van der Waals surface area contributed by atoms with Crippen LogP contribution in [-0.4, -0.2) is 173 Å². The number of ether oxygens (including phenoxy) is 2. The van der Waals surface area contributed by atoms with E-state index in [9.17, 15) is 28.8 Å². The first kappa shape index (κ1) is 65.1. The van der Waals surface area contributed by atoms with Crippen LogP contribution in [0.4, 0.5) is 11.4 Å². The maximum atomic E-state index is 13.7. The Morgan fingerprint density at radius 3 is 1.20 bits per heavy atom. The van der Waals surface area contributed by atoms with Gasteiger partial charge >= 0.3 is 0 Å². The van der Waals surface area contributed by atoms with Crippen molar-refractivity contribution in [3.05, 3.63) is 117 Å². The predicted octanol–water partition coefficient (Wildman–Crippen LogP) is 8.41. The van der Waals surface area contributed by atoms with Gasteiger partial charge in [-0.1, -0.05) is 46.0 Å². The molecular weight excluding hydrogens is 1080 g/mol. The number of piperazine rings is 2. The van der Waals surface area contributed by atoms with Crippen molar-refractivity contribution < 1.29 is 38.2 Å². The maximum absolute atomic E-state index is 13.7. The lowest BCUT2D eigenvalue weighted by atomic mass is 9.83. The van der Waals surface area contributed by atoms with Gasteiger partial charge in [0.15, 0.2) is 0 Å². The Bertz CT molecular complexity index is 2970. The molecule has 4 heterocycles. The molecule has 2 atom stereocenters. The molecule has 2 aliphatic carbocycles. The minimum Gasteiger partial charge on any atom is -0.489 e. The number of nitrogens with zero attached hydrogens (tertiary/aromatic N) is 6. The molecule has 6 fully saturated rings. The highest BCUT2D eigenvalue weighted by atomic mass is 16.5. The van der Waals surface area contributed by atoms with Gasteiger partial charge < -0.3 is 61.0 Å². The van der Waals surface area contributed by atoms with Crippen LogP contribution >= 0.6 is 0 Å². The number of carbonyl (C=O) groups is 6. The van der Waals surface area contributed by atoms with Crippen LogP contribution in [0.15, 0.2) is 72.8 Å². The van der Waals surface area contributed by atoms with E-state index in [0.717, 1.165) is 87.3 Å². The summed E-state index contributed by atoms with van der Waals surface area (Å²) in [6.45, 7) is 12.0. The van der Waals surface area contributed by atoms with E-state index in [1.165, 1.54) is 49.7 Å². The quantitative estimate of drug-likeness (QED) is 0.0784. The summed E-state index contributed by atoms with van der Waals surface area (Å²) < 4.78 is 12.8. The first-order chi connectivity index (χ1) is 41.2. The minimum absolute atomic E-state index is 0. The van der Waals surface area contributed by atoms with Crippen molar-refractivity contribution in [3.63, 3.8) is 0 Å². The molecule has 4 aromatic rings. The van der Waals surface area contributed by atoms with Crippen molar-refractivity contribution in [2.24, 2.45) is 11.5 Å². The van der Waals surface area contributed by atoms with Crippen molar-refractivity contribution in [1.82, 2.24) is 30.2 Å². The highest BCUT2D eigenvalue weighted by molar-refractivity contribution is 6.00. The van der Waals surface area contributed by atoms with Crippen molar-refractivity contribution in [2.45, 2.75) is 142 Å². The number of nitrogens with one attached hydrogen (secondary N) is 2. The Labute approximate surface area is 510 Å². The Morgan fingerprint density at radius 1 is 0.477 bits per heavy atom. The molecule has 0 bridgehead atoms. The first-order valence-corrected chi connectivity index (χ1v) is 31.5. The fraction of sp³-hybridized carbons (Fsp3) is 0.559. The second-order valence-electron chi connectivity index (χ2n) is 24.3. The van der Waals surface area contributed by atoms with Gasteiger partial charge in [0.2, 0.25) is 11.8 Å². The van der Waals surface area contributed by atoms with Gasteiger partial charge in [0.1, 0.15) is 23.7 Å². The number of amides is 6. The van der Waals surface area contributed by atoms with Gasteiger partial charge in [-0.15, -0.1) is 0 Å². The zero-order valence-electron chi connectivity index (χ0n) is 50.8. The van der Waals surface area contributed by atoms with Crippen LogP contribution in [0, 0.1) is 13.8 Å². The lowest BCUT2D eigenvalue weighted by Crippen LogP contribution is -2.50. The third kappa shape index (κ3) is 16.6. The number of hydrogen-bond donors (Lipinski definition) is 4. The van der Waals surface area contributed by atoms with Gasteiger partial charge in [0.05, 0.1) is 0 Å². The van der Waals surface area contributed by atoms with Crippen LogP contribution < -0.4 is 41.4 Å². The minimum atomic E-state index is -0.0887. The number of aryl methyl sites for hydroxylation is 2.